The molecule has 174 valence electrons. The predicted molar refractivity (Wildman–Crippen MR) is 121 cm³/mol. The van der Waals surface area contributed by atoms with Gasteiger partial charge in [0.05, 0.1) is 14.2 Å². The van der Waals surface area contributed by atoms with E-state index in [9.17, 15) is 4.79 Å². The van der Waals surface area contributed by atoms with E-state index in [-0.39, 0.29) is 18.1 Å². The zero-order chi connectivity index (χ0) is 22.3. The molecular formula is C24H34N4O4. The molecule has 0 radical (unpaired) electrons. The number of amides is 2. The fourth-order valence-corrected chi connectivity index (χ4v) is 4.82. The van der Waals surface area contributed by atoms with Crippen LogP contribution >= 0.6 is 0 Å². The van der Waals surface area contributed by atoms with E-state index in [0.717, 1.165) is 44.1 Å². The van der Waals surface area contributed by atoms with Crippen molar-refractivity contribution in [3.63, 3.8) is 0 Å². The molecule has 1 heterocycles. The topological polar surface area (TPSA) is 89.7 Å². The molecule has 0 aliphatic heterocycles. The van der Waals surface area contributed by atoms with Crippen LogP contribution in [0.15, 0.2) is 22.7 Å². The average molecular weight is 443 g/mol. The van der Waals surface area contributed by atoms with E-state index in [1.165, 1.54) is 25.7 Å². The first-order valence-corrected chi connectivity index (χ1v) is 11.8. The number of rotatable bonds is 7. The molecule has 4 rings (SSSR count). The molecule has 0 saturated heterocycles. The van der Waals surface area contributed by atoms with Gasteiger partial charge in [-0.25, -0.2) is 4.79 Å². The van der Waals surface area contributed by atoms with Crippen LogP contribution in [-0.4, -0.2) is 47.4 Å². The van der Waals surface area contributed by atoms with Crippen LogP contribution in [0.1, 0.15) is 70.1 Å². The summed E-state index contributed by atoms with van der Waals surface area (Å²) in [5.74, 6) is 2.16. The number of urea groups is 1. The smallest absolute Gasteiger partial charge is 0.318 e. The first-order valence-electron chi connectivity index (χ1n) is 11.8. The van der Waals surface area contributed by atoms with Gasteiger partial charge in [-0.05, 0) is 43.9 Å². The summed E-state index contributed by atoms with van der Waals surface area (Å²) < 4.78 is 16.2. The molecule has 8 nitrogen and oxygen atoms in total. The summed E-state index contributed by atoms with van der Waals surface area (Å²) in [6.07, 6.45) is 11.3. The van der Waals surface area contributed by atoms with E-state index in [0.29, 0.717) is 29.8 Å². The van der Waals surface area contributed by atoms with Crippen molar-refractivity contribution in [2.45, 2.75) is 82.8 Å². The van der Waals surface area contributed by atoms with Gasteiger partial charge in [0.25, 0.3) is 0 Å². The van der Waals surface area contributed by atoms with Gasteiger partial charge in [0.1, 0.15) is 6.54 Å². The summed E-state index contributed by atoms with van der Waals surface area (Å²) >= 11 is 0. The van der Waals surface area contributed by atoms with E-state index in [1.54, 1.807) is 14.2 Å². The molecule has 8 heteroatoms. The van der Waals surface area contributed by atoms with Gasteiger partial charge in [-0.3, -0.25) is 0 Å². The van der Waals surface area contributed by atoms with Crippen molar-refractivity contribution in [3.05, 3.63) is 24.1 Å². The summed E-state index contributed by atoms with van der Waals surface area (Å²) in [5, 5.41) is 7.42. The Labute approximate surface area is 189 Å². The maximum atomic E-state index is 13.2. The lowest BCUT2D eigenvalue weighted by molar-refractivity contribution is 0.136. The van der Waals surface area contributed by atoms with Crippen LogP contribution < -0.4 is 14.8 Å². The number of carbonyl (C=O) groups excluding carboxylic acids is 1. The van der Waals surface area contributed by atoms with Crippen LogP contribution in [0.2, 0.25) is 0 Å². The number of ether oxygens (including phenoxy) is 2. The van der Waals surface area contributed by atoms with Gasteiger partial charge >= 0.3 is 6.03 Å². The molecule has 2 aliphatic rings. The van der Waals surface area contributed by atoms with E-state index < -0.39 is 0 Å². The number of carbonyl (C=O) groups is 1. The van der Waals surface area contributed by atoms with E-state index in [1.807, 2.05) is 23.1 Å². The zero-order valence-electron chi connectivity index (χ0n) is 19.1. The van der Waals surface area contributed by atoms with Gasteiger partial charge in [-0.2, -0.15) is 4.98 Å². The van der Waals surface area contributed by atoms with Gasteiger partial charge < -0.3 is 24.2 Å². The highest BCUT2D eigenvalue weighted by molar-refractivity contribution is 5.75. The highest BCUT2D eigenvalue weighted by Crippen LogP contribution is 2.31. The highest BCUT2D eigenvalue weighted by Gasteiger charge is 2.29. The van der Waals surface area contributed by atoms with Crippen LogP contribution in [0, 0.1) is 0 Å². The van der Waals surface area contributed by atoms with Gasteiger partial charge in [-0.15, -0.1) is 0 Å². The normalized spacial score (nSPS) is 17.7. The molecule has 2 saturated carbocycles. The number of nitrogens with zero attached hydrogens (tertiary/aromatic N) is 3. The van der Waals surface area contributed by atoms with E-state index in [2.05, 4.69) is 15.5 Å². The van der Waals surface area contributed by atoms with E-state index in [4.69, 9.17) is 14.0 Å². The van der Waals surface area contributed by atoms with Crippen LogP contribution in [-0.2, 0) is 6.54 Å². The summed E-state index contributed by atoms with van der Waals surface area (Å²) in [4.78, 5) is 19.7. The zero-order valence-corrected chi connectivity index (χ0v) is 19.1. The first kappa shape index (κ1) is 22.4. The van der Waals surface area contributed by atoms with Gasteiger partial charge in [0, 0.05) is 17.6 Å². The molecule has 0 spiro atoms. The number of hydrogen-bond acceptors (Lipinski definition) is 6. The first-order chi connectivity index (χ1) is 15.7. The van der Waals surface area contributed by atoms with Crippen LogP contribution in [0.25, 0.3) is 11.4 Å². The standard InChI is InChI=1S/C24H34N4O4/c1-30-20-14-13-17(15-21(20)31-2)23-26-22(32-27-23)16-28(19-11-7-4-8-12-19)24(29)25-18-9-5-3-6-10-18/h13-15,18-19H,3-12,16H2,1-2H3,(H,25,29). The molecule has 2 fully saturated rings. The molecule has 0 unspecified atom stereocenters. The third-order valence-corrected chi connectivity index (χ3v) is 6.62. The Morgan fingerprint density at radius 2 is 1.72 bits per heavy atom. The number of hydrogen-bond donors (Lipinski definition) is 1. The van der Waals surface area contributed by atoms with Crippen molar-refractivity contribution in [2.75, 3.05) is 14.2 Å². The Kier molecular flexibility index (Phi) is 7.50. The Balaban J connectivity index is 1.49. The largest absolute Gasteiger partial charge is 0.493 e. The summed E-state index contributed by atoms with van der Waals surface area (Å²) in [6, 6.07) is 5.98. The lowest BCUT2D eigenvalue weighted by Gasteiger charge is -2.35. The van der Waals surface area contributed by atoms with Crippen molar-refractivity contribution in [1.29, 1.82) is 0 Å². The minimum atomic E-state index is -0.00494. The average Bonchev–Trinajstić information content (AvgIpc) is 3.32. The van der Waals surface area contributed by atoms with Gasteiger partial charge in [-0.1, -0.05) is 43.7 Å². The second-order valence-electron chi connectivity index (χ2n) is 8.79. The second kappa shape index (κ2) is 10.7. The predicted octanol–water partition coefficient (Wildman–Crippen LogP) is 4.93. The molecule has 0 bridgehead atoms. The van der Waals surface area contributed by atoms with Crippen molar-refractivity contribution >= 4 is 6.03 Å². The Morgan fingerprint density at radius 3 is 2.41 bits per heavy atom. The van der Waals surface area contributed by atoms with Crippen molar-refractivity contribution in [1.82, 2.24) is 20.4 Å². The van der Waals surface area contributed by atoms with E-state index >= 15 is 0 Å². The molecule has 0 atom stereocenters. The summed E-state index contributed by atoms with van der Waals surface area (Å²) in [5.41, 5.74) is 0.772. The maximum absolute atomic E-state index is 13.2. The molecular weight excluding hydrogens is 408 g/mol. The SMILES string of the molecule is COc1ccc(-c2noc(CN(C(=O)NC3CCCCC3)C3CCCCC3)n2)cc1OC. The lowest BCUT2D eigenvalue weighted by atomic mass is 9.94. The molecule has 2 amide bonds. The third-order valence-electron chi connectivity index (χ3n) is 6.62. The molecule has 2 aliphatic carbocycles. The fourth-order valence-electron chi connectivity index (χ4n) is 4.82. The molecule has 2 aromatic rings. The molecule has 32 heavy (non-hydrogen) atoms. The van der Waals surface area contributed by atoms with Crippen molar-refractivity contribution in [2.24, 2.45) is 0 Å². The van der Waals surface area contributed by atoms with Crippen LogP contribution in [0.4, 0.5) is 4.79 Å². The number of methoxy groups -OCH3 is 2. The number of aromatic nitrogens is 2. The van der Waals surface area contributed by atoms with Gasteiger partial charge in [0.15, 0.2) is 11.5 Å². The highest BCUT2D eigenvalue weighted by atomic mass is 16.5. The lowest BCUT2D eigenvalue weighted by Crippen LogP contribution is -2.49. The number of nitrogens with one attached hydrogen (secondary N) is 1. The van der Waals surface area contributed by atoms with Gasteiger partial charge in [0.2, 0.25) is 11.7 Å². The maximum Gasteiger partial charge on any atom is 0.318 e. The van der Waals surface area contributed by atoms with Crippen LogP contribution in [0.3, 0.4) is 0 Å². The fraction of sp³-hybridized carbons (Fsp3) is 0.625. The minimum absolute atomic E-state index is 0.00494. The Hall–Kier alpha value is -2.77. The Morgan fingerprint density at radius 1 is 1.03 bits per heavy atom. The Bertz CT molecular complexity index is 888. The van der Waals surface area contributed by atoms with Crippen LogP contribution in [0.5, 0.6) is 11.5 Å². The minimum Gasteiger partial charge on any atom is -0.493 e. The van der Waals surface area contributed by atoms with Crippen molar-refractivity contribution in [3.8, 4) is 22.9 Å². The summed E-state index contributed by atoms with van der Waals surface area (Å²) in [7, 11) is 3.19. The third kappa shape index (κ3) is 5.34. The molecule has 1 aromatic carbocycles. The summed E-state index contributed by atoms with van der Waals surface area (Å²) in [6.45, 7) is 0.323. The second-order valence-corrected chi connectivity index (χ2v) is 8.79. The molecule has 1 N–H and O–H groups in total. The number of benzene rings is 1. The quantitative estimate of drug-likeness (QED) is 0.654. The monoisotopic (exact) mass is 442 g/mol. The molecule has 1 aromatic heterocycles. The van der Waals surface area contributed by atoms with Crippen molar-refractivity contribution < 1.29 is 18.8 Å².